The Morgan fingerprint density at radius 1 is 1.13 bits per heavy atom. The third-order valence-corrected chi connectivity index (χ3v) is 7.18. The first-order chi connectivity index (χ1) is 18.6. The lowest BCUT2D eigenvalue weighted by Gasteiger charge is -2.30. The van der Waals surface area contributed by atoms with Crippen molar-refractivity contribution in [2.24, 2.45) is 0 Å². The van der Waals surface area contributed by atoms with Crippen molar-refractivity contribution >= 4 is 22.9 Å². The molecular formula is C31H33N3O4. The van der Waals surface area contributed by atoms with Gasteiger partial charge in [-0.15, -0.1) is 0 Å². The lowest BCUT2D eigenvalue weighted by atomic mass is 10.0. The zero-order valence-corrected chi connectivity index (χ0v) is 21.3. The second-order valence-corrected chi connectivity index (χ2v) is 9.62. The van der Waals surface area contributed by atoms with Crippen molar-refractivity contribution in [2.45, 2.75) is 31.8 Å². The maximum absolute atomic E-state index is 11.4. The second kappa shape index (κ2) is 12.1. The number of hydrogen-bond acceptors (Lipinski definition) is 5. The summed E-state index contributed by atoms with van der Waals surface area (Å²) in [4.78, 5) is 17.3. The van der Waals surface area contributed by atoms with E-state index in [-0.39, 0.29) is 19.3 Å². The minimum Gasteiger partial charge on any atom is -0.491 e. The highest BCUT2D eigenvalue weighted by Crippen LogP contribution is 2.38. The molecule has 0 aliphatic heterocycles. The Morgan fingerprint density at radius 3 is 2.89 bits per heavy atom. The van der Waals surface area contributed by atoms with Crippen LogP contribution in [-0.4, -0.2) is 45.9 Å². The van der Waals surface area contributed by atoms with E-state index in [0.717, 1.165) is 49.2 Å². The van der Waals surface area contributed by atoms with E-state index in [9.17, 15) is 4.79 Å². The van der Waals surface area contributed by atoms with Gasteiger partial charge in [0, 0.05) is 42.3 Å². The van der Waals surface area contributed by atoms with Crippen LogP contribution >= 0.6 is 0 Å². The van der Waals surface area contributed by atoms with E-state index in [2.05, 4.69) is 64.6 Å². The normalized spacial score (nSPS) is 14.9. The molecule has 0 bridgehead atoms. The van der Waals surface area contributed by atoms with Crippen molar-refractivity contribution in [1.29, 1.82) is 0 Å². The Labute approximate surface area is 222 Å². The zero-order chi connectivity index (χ0) is 26.3. The van der Waals surface area contributed by atoms with Gasteiger partial charge in [-0.25, -0.2) is 5.48 Å². The molecule has 0 saturated heterocycles. The number of rotatable bonds is 11. The molecule has 1 unspecified atom stereocenters. The Morgan fingerprint density at radius 2 is 2.03 bits per heavy atom. The van der Waals surface area contributed by atoms with Crippen LogP contribution in [0.5, 0.6) is 5.75 Å². The quantitative estimate of drug-likeness (QED) is 0.132. The number of aromatic nitrogens is 1. The number of carbonyl (C=O) groups excluding carboxylic acids is 1. The summed E-state index contributed by atoms with van der Waals surface area (Å²) in [6.07, 6.45) is 8.08. The fourth-order valence-electron chi connectivity index (χ4n) is 5.39. The SMILES string of the molecule is O=C(C=Cc1ccc2c(c1)CCC2N(CCc1c[nH]c2ccccc12)Cc1cccc(OCCO)c1)NO. The van der Waals surface area contributed by atoms with Crippen LogP contribution < -0.4 is 10.2 Å². The minimum atomic E-state index is -0.544. The molecule has 196 valence electrons. The average molecular weight is 512 g/mol. The van der Waals surface area contributed by atoms with Crippen LogP contribution in [0, 0.1) is 0 Å². The Kier molecular flexibility index (Phi) is 8.19. The fraction of sp³-hybridized carbons (Fsp3) is 0.258. The predicted molar refractivity (Wildman–Crippen MR) is 148 cm³/mol. The number of nitrogens with zero attached hydrogens (tertiary/aromatic N) is 1. The summed E-state index contributed by atoms with van der Waals surface area (Å²) in [5.74, 6) is 0.223. The van der Waals surface area contributed by atoms with Gasteiger partial charge in [0.05, 0.1) is 6.61 Å². The number of ether oxygens (including phenoxy) is 1. The van der Waals surface area contributed by atoms with Gasteiger partial charge in [-0.2, -0.15) is 0 Å². The van der Waals surface area contributed by atoms with E-state index in [1.165, 1.54) is 33.7 Å². The number of hydrogen-bond donors (Lipinski definition) is 4. The first kappa shape index (κ1) is 25.7. The molecule has 7 nitrogen and oxygen atoms in total. The van der Waals surface area contributed by atoms with Crippen molar-refractivity contribution in [3.05, 3.63) is 107 Å². The van der Waals surface area contributed by atoms with E-state index < -0.39 is 5.91 Å². The van der Waals surface area contributed by atoms with Crippen LogP contribution in [0.4, 0.5) is 0 Å². The molecule has 7 heteroatoms. The molecule has 1 heterocycles. The summed E-state index contributed by atoms with van der Waals surface area (Å²) in [5.41, 5.74) is 8.81. The zero-order valence-electron chi connectivity index (χ0n) is 21.3. The minimum absolute atomic E-state index is 0.0122. The van der Waals surface area contributed by atoms with E-state index in [1.54, 1.807) is 11.6 Å². The molecule has 4 aromatic rings. The maximum Gasteiger partial charge on any atom is 0.267 e. The molecule has 1 aromatic heterocycles. The molecule has 0 spiro atoms. The molecule has 0 fully saturated rings. The summed E-state index contributed by atoms with van der Waals surface area (Å²) < 4.78 is 5.66. The highest BCUT2D eigenvalue weighted by molar-refractivity contribution is 5.90. The monoisotopic (exact) mass is 511 g/mol. The van der Waals surface area contributed by atoms with Crippen molar-refractivity contribution < 1.29 is 19.8 Å². The van der Waals surface area contributed by atoms with Crippen molar-refractivity contribution in [3.8, 4) is 5.75 Å². The number of aromatic amines is 1. The standard InChI is InChI=1S/C31H33N3O4/c35-16-17-38-26-5-3-4-23(19-26)21-34(15-14-25-20-32-29-7-2-1-6-27(25)29)30-12-10-24-18-22(8-11-28(24)30)9-13-31(36)33-37/h1-9,11,13,18-20,30,32,35,37H,10,12,14-17,21H2,(H,33,36). The summed E-state index contributed by atoms with van der Waals surface area (Å²) in [7, 11) is 0. The van der Waals surface area contributed by atoms with Gasteiger partial charge >= 0.3 is 0 Å². The molecule has 38 heavy (non-hydrogen) atoms. The van der Waals surface area contributed by atoms with Gasteiger partial charge in [-0.1, -0.05) is 48.5 Å². The topological polar surface area (TPSA) is 97.8 Å². The van der Waals surface area contributed by atoms with Crippen LogP contribution in [0.2, 0.25) is 0 Å². The summed E-state index contributed by atoms with van der Waals surface area (Å²) >= 11 is 0. The third kappa shape index (κ3) is 5.97. The number of nitrogens with one attached hydrogen (secondary N) is 2. The summed E-state index contributed by atoms with van der Waals surface area (Å²) in [5, 5.41) is 19.1. The highest BCUT2D eigenvalue weighted by atomic mass is 16.5. The first-order valence-electron chi connectivity index (χ1n) is 13.0. The molecule has 0 saturated carbocycles. The van der Waals surface area contributed by atoms with E-state index in [4.69, 9.17) is 15.1 Å². The van der Waals surface area contributed by atoms with Gasteiger partial charge in [0.25, 0.3) is 5.91 Å². The number of H-pyrrole nitrogens is 1. The molecule has 5 rings (SSSR count). The largest absolute Gasteiger partial charge is 0.491 e. The van der Waals surface area contributed by atoms with Crippen LogP contribution in [-0.2, 0) is 24.2 Å². The summed E-state index contributed by atoms with van der Waals surface area (Å²) in [6.45, 7) is 1.94. The van der Waals surface area contributed by atoms with Gasteiger partial charge in [0.2, 0.25) is 0 Å². The van der Waals surface area contributed by atoms with Gasteiger partial charge in [0.15, 0.2) is 0 Å². The van der Waals surface area contributed by atoms with Crippen molar-refractivity contribution in [2.75, 3.05) is 19.8 Å². The number of benzene rings is 3. The fourth-order valence-corrected chi connectivity index (χ4v) is 5.39. The van der Waals surface area contributed by atoms with E-state index in [0.29, 0.717) is 0 Å². The number of aliphatic hydroxyl groups is 1. The Hall–Kier alpha value is -3.91. The number of carbonyl (C=O) groups is 1. The van der Waals surface area contributed by atoms with Crippen LogP contribution in [0.15, 0.2) is 79.0 Å². The van der Waals surface area contributed by atoms with E-state index >= 15 is 0 Å². The maximum atomic E-state index is 11.4. The van der Waals surface area contributed by atoms with Crippen molar-refractivity contribution in [3.63, 3.8) is 0 Å². The lowest BCUT2D eigenvalue weighted by Crippen LogP contribution is -2.29. The predicted octanol–water partition coefficient (Wildman–Crippen LogP) is 4.79. The van der Waals surface area contributed by atoms with Crippen LogP contribution in [0.25, 0.3) is 17.0 Å². The molecule has 3 aromatic carbocycles. The molecular weight excluding hydrogens is 478 g/mol. The molecule has 1 amide bonds. The number of aryl methyl sites for hydroxylation is 1. The number of hydroxylamine groups is 1. The molecule has 1 aliphatic rings. The Balaban J connectivity index is 1.39. The van der Waals surface area contributed by atoms with Gasteiger partial charge in [0.1, 0.15) is 12.4 Å². The second-order valence-electron chi connectivity index (χ2n) is 9.62. The van der Waals surface area contributed by atoms with Crippen LogP contribution in [0.1, 0.15) is 40.3 Å². The lowest BCUT2D eigenvalue weighted by molar-refractivity contribution is -0.124. The number of para-hydroxylation sites is 1. The average Bonchev–Trinajstić information content (AvgIpc) is 3.57. The number of amides is 1. The molecule has 4 N–H and O–H groups in total. The third-order valence-electron chi connectivity index (χ3n) is 7.18. The molecule has 0 radical (unpaired) electrons. The van der Waals surface area contributed by atoms with Gasteiger partial charge in [-0.3, -0.25) is 14.9 Å². The van der Waals surface area contributed by atoms with E-state index in [1.807, 2.05) is 18.2 Å². The van der Waals surface area contributed by atoms with Gasteiger partial charge < -0.3 is 14.8 Å². The summed E-state index contributed by atoms with van der Waals surface area (Å²) in [6, 6.07) is 23.1. The molecule has 1 atom stereocenters. The smallest absolute Gasteiger partial charge is 0.267 e. The number of aliphatic hydroxyl groups excluding tert-OH is 1. The van der Waals surface area contributed by atoms with Crippen molar-refractivity contribution in [1.82, 2.24) is 15.4 Å². The van der Waals surface area contributed by atoms with Gasteiger partial charge in [-0.05, 0) is 71.4 Å². The number of fused-ring (bicyclic) bond motifs is 2. The highest BCUT2D eigenvalue weighted by Gasteiger charge is 2.28. The Bertz CT molecular complexity index is 1430. The first-order valence-corrected chi connectivity index (χ1v) is 13.0. The van der Waals surface area contributed by atoms with Crippen LogP contribution in [0.3, 0.4) is 0 Å². The molecule has 1 aliphatic carbocycles.